The van der Waals surface area contributed by atoms with Gasteiger partial charge in [-0.15, -0.1) is 0 Å². The minimum absolute atomic E-state index is 0.131. The predicted molar refractivity (Wildman–Crippen MR) is 67.9 cm³/mol. The summed E-state index contributed by atoms with van der Waals surface area (Å²) < 4.78 is 5.50. The Kier molecular flexibility index (Phi) is 5.53. The lowest BCUT2D eigenvalue weighted by Crippen LogP contribution is -1.99. The smallest absolute Gasteiger partial charge is 0.161 e. The molecule has 0 fully saturated rings. The summed E-state index contributed by atoms with van der Waals surface area (Å²) >= 11 is 0. The molecule has 3 heteroatoms. The Morgan fingerprint density at radius 3 is 2.71 bits per heavy atom. The zero-order valence-corrected chi connectivity index (χ0v) is 10.5. The summed E-state index contributed by atoms with van der Waals surface area (Å²) in [5, 5.41) is 9.78. The number of rotatable bonds is 7. The van der Waals surface area contributed by atoms with Crippen LogP contribution in [0.1, 0.15) is 48.5 Å². The van der Waals surface area contributed by atoms with E-state index in [2.05, 4.69) is 6.92 Å². The van der Waals surface area contributed by atoms with E-state index < -0.39 is 0 Å². The van der Waals surface area contributed by atoms with E-state index in [9.17, 15) is 9.90 Å². The van der Waals surface area contributed by atoms with Gasteiger partial charge in [0.05, 0.1) is 6.61 Å². The number of aldehydes is 1. The molecule has 17 heavy (non-hydrogen) atoms. The maximum Gasteiger partial charge on any atom is 0.161 e. The first kappa shape index (κ1) is 13.6. The van der Waals surface area contributed by atoms with Gasteiger partial charge in [0.25, 0.3) is 0 Å². The van der Waals surface area contributed by atoms with Crippen LogP contribution >= 0.6 is 0 Å². The third kappa shape index (κ3) is 4.10. The fourth-order valence-electron chi connectivity index (χ4n) is 1.66. The molecule has 0 aliphatic rings. The molecule has 0 aromatic heterocycles. The number of phenols is 1. The highest BCUT2D eigenvalue weighted by molar-refractivity contribution is 5.77. The van der Waals surface area contributed by atoms with Crippen LogP contribution in [0.2, 0.25) is 0 Å². The van der Waals surface area contributed by atoms with E-state index in [1.54, 1.807) is 19.1 Å². The van der Waals surface area contributed by atoms with Crippen molar-refractivity contribution in [3.05, 3.63) is 23.3 Å². The molecule has 1 aromatic carbocycles. The number of aromatic hydroxyl groups is 1. The van der Waals surface area contributed by atoms with E-state index in [0.717, 1.165) is 19.1 Å². The largest absolute Gasteiger partial charge is 0.504 e. The van der Waals surface area contributed by atoms with Gasteiger partial charge in [0.1, 0.15) is 6.29 Å². The van der Waals surface area contributed by atoms with Crippen molar-refractivity contribution in [2.45, 2.75) is 39.5 Å². The molecule has 0 unspecified atom stereocenters. The van der Waals surface area contributed by atoms with Crippen molar-refractivity contribution in [2.24, 2.45) is 0 Å². The molecule has 1 aromatic rings. The van der Waals surface area contributed by atoms with Crippen LogP contribution in [0.15, 0.2) is 12.1 Å². The Balaban J connectivity index is 2.57. The second kappa shape index (κ2) is 6.94. The lowest BCUT2D eigenvalue weighted by molar-refractivity contribution is 0.112. The Morgan fingerprint density at radius 1 is 1.29 bits per heavy atom. The summed E-state index contributed by atoms with van der Waals surface area (Å²) in [4.78, 5) is 10.7. The minimum atomic E-state index is 0.131. The van der Waals surface area contributed by atoms with Crippen LogP contribution in [0.5, 0.6) is 11.5 Å². The minimum Gasteiger partial charge on any atom is -0.504 e. The predicted octanol–water partition coefficient (Wildman–Crippen LogP) is 3.47. The Hall–Kier alpha value is -1.51. The molecule has 0 aliphatic carbocycles. The maximum atomic E-state index is 10.7. The van der Waals surface area contributed by atoms with E-state index in [4.69, 9.17) is 4.74 Å². The van der Waals surface area contributed by atoms with Crippen LogP contribution in [-0.2, 0) is 0 Å². The fraction of sp³-hybridized carbons (Fsp3) is 0.500. The van der Waals surface area contributed by atoms with Crippen LogP contribution in [-0.4, -0.2) is 18.0 Å². The molecule has 0 heterocycles. The maximum absolute atomic E-state index is 10.7. The van der Waals surface area contributed by atoms with Crippen molar-refractivity contribution in [3.63, 3.8) is 0 Å². The van der Waals surface area contributed by atoms with Gasteiger partial charge in [-0.25, -0.2) is 0 Å². The molecule has 1 rings (SSSR count). The van der Waals surface area contributed by atoms with Gasteiger partial charge < -0.3 is 9.84 Å². The summed E-state index contributed by atoms with van der Waals surface area (Å²) in [5.74, 6) is 0.537. The Labute approximate surface area is 102 Å². The van der Waals surface area contributed by atoms with E-state index in [1.807, 2.05) is 0 Å². The highest BCUT2D eigenvalue weighted by atomic mass is 16.5. The molecule has 0 saturated heterocycles. The third-order valence-corrected chi connectivity index (χ3v) is 2.68. The van der Waals surface area contributed by atoms with Gasteiger partial charge in [-0.05, 0) is 31.0 Å². The number of benzene rings is 1. The van der Waals surface area contributed by atoms with E-state index in [-0.39, 0.29) is 5.75 Å². The molecule has 0 aliphatic heterocycles. The standard InChI is InChI=1S/C14H20O3/c1-3-4-5-6-7-17-13-9-12(10-15)8-11(2)14(13)16/h8-10,16H,3-7H2,1-2H3. The van der Waals surface area contributed by atoms with Gasteiger partial charge in [-0.2, -0.15) is 0 Å². The molecular weight excluding hydrogens is 216 g/mol. The summed E-state index contributed by atoms with van der Waals surface area (Å²) in [6.45, 7) is 4.49. The van der Waals surface area contributed by atoms with Crippen molar-refractivity contribution < 1.29 is 14.6 Å². The van der Waals surface area contributed by atoms with Gasteiger partial charge in [0, 0.05) is 5.56 Å². The number of aryl methyl sites for hydroxylation is 1. The highest BCUT2D eigenvalue weighted by Crippen LogP contribution is 2.30. The zero-order chi connectivity index (χ0) is 12.7. The Morgan fingerprint density at radius 2 is 2.06 bits per heavy atom. The molecule has 0 spiro atoms. The number of hydrogen-bond acceptors (Lipinski definition) is 3. The van der Waals surface area contributed by atoms with Crippen molar-refractivity contribution in [1.29, 1.82) is 0 Å². The molecule has 94 valence electrons. The van der Waals surface area contributed by atoms with Gasteiger partial charge in [0.15, 0.2) is 11.5 Å². The first-order valence-corrected chi connectivity index (χ1v) is 6.10. The van der Waals surface area contributed by atoms with E-state index in [1.165, 1.54) is 12.8 Å². The van der Waals surface area contributed by atoms with Crippen molar-refractivity contribution in [2.75, 3.05) is 6.61 Å². The molecule has 0 atom stereocenters. The number of ether oxygens (including phenoxy) is 1. The molecule has 0 radical (unpaired) electrons. The first-order valence-electron chi connectivity index (χ1n) is 6.10. The van der Waals surface area contributed by atoms with Gasteiger partial charge in [0.2, 0.25) is 0 Å². The van der Waals surface area contributed by atoms with Crippen molar-refractivity contribution >= 4 is 6.29 Å². The normalized spacial score (nSPS) is 10.2. The number of unbranched alkanes of at least 4 members (excludes halogenated alkanes) is 3. The molecule has 0 amide bonds. The number of hydrogen-bond donors (Lipinski definition) is 1. The quantitative estimate of drug-likeness (QED) is 0.582. The lowest BCUT2D eigenvalue weighted by atomic mass is 10.1. The zero-order valence-electron chi connectivity index (χ0n) is 10.5. The van der Waals surface area contributed by atoms with Crippen LogP contribution < -0.4 is 4.74 Å². The number of carbonyl (C=O) groups excluding carboxylic acids is 1. The van der Waals surface area contributed by atoms with Crippen LogP contribution in [0.25, 0.3) is 0 Å². The highest BCUT2D eigenvalue weighted by Gasteiger charge is 2.07. The van der Waals surface area contributed by atoms with Gasteiger partial charge in [-0.1, -0.05) is 26.2 Å². The second-order valence-electron chi connectivity index (χ2n) is 4.21. The van der Waals surface area contributed by atoms with Gasteiger partial charge >= 0.3 is 0 Å². The molecule has 0 saturated carbocycles. The molecule has 3 nitrogen and oxygen atoms in total. The van der Waals surface area contributed by atoms with Gasteiger partial charge in [-0.3, -0.25) is 4.79 Å². The summed E-state index contributed by atoms with van der Waals surface area (Å²) in [5.41, 5.74) is 1.20. The fourth-order valence-corrected chi connectivity index (χ4v) is 1.66. The lowest BCUT2D eigenvalue weighted by Gasteiger charge is -2.10. The van der Waals surface area contributed by atoms with Crippen LogP contribution in [0, 0.1) is 6.92 Å². The molecule has 1 N–H and O–H groups in total. The topological polar surface area (TPSA) is 46.5 Å². The van der Waals surface area contributed by atoms with E-state index in [0.29, 0.717) is 23.5 Å². The summed E-state index contributed by atoms with van der Waals surface area (Å²) in [7, 11) is 0. The second-order valence-corrected chi connectivity index (χ2v) is 4.21. The van der Waals surface area contributed by atoms with Crippen LogP contribution in [0.4, 0.5) is 0 Å². The molecule has 0 bridgehead atoms. The number of phenolic OH excluding ortho intramolecular Hbond substituents is 1. The summed E-state index contributed by atoms with van der Waals surface area (Å²) in [6, 6.07) is 3.22. The summed E-state index contributed by atoms with van der Waals surface area (Å²) in [6.07, 6.45) is 5.24. The van der Waals surface area contributed by atoms with E-state index >= 15 is 0 Å². The molecular formula is C14H20O3. The monoisotopic (exact) mass is 236 g/mol. The SMILES string of the molecule is CCCCCCOc1cc(C=O)cc(C)c1O. The van der Waals surface area contributed by atoms with Crippen molar-refractivity contribution in [1.82, 2.24) is 0 Å². The first-order chi connectivity index (χ1) is 8.19. The average Bonchev–Trinajstić information content (AvgIpc) is 2.33. The number of carbonyl (C=O) groups is 1. The van der Waals surface area contributed by atoms with Crippen LogP contribution in [0.3, 0.4) is 0 Å². The average molecular weight is 236 g/mol. The third-order valence-electron chi connectivity index (χ3n) is 2.68. The van der Waals surface area contributed by atoms with Crippen molar-refractivity contribution in [3.8, 4) is 11.5 Å². The Bertz CT molecular complexity index is 372.